The van der Waals surface area contributed by atoms with Crippen LogP contribution in [0.15, 0.2) is 67.3 Å². The second kappa shape index (κ2) is 7.85. The van der Waals surface area contributed by atoms with Crippen LogP contribution in [0.1, 0.15) is 23.5 Å². The highest BCUT2D eigenvalue weighted by atomic mass is 32.1. The number of ether oxygens (including phenoxy) is 1. The molecule has 1 saturated heterocycles. The number of hydrogen-bond donors (Lipinski definition) is 1. The third kappa shape index (κ3) is 3.43. The smallest absolute Gasteiger partial charge is 0.170 e. The zero-order valence-corrected chi connectivity index (χ0v) is 15.8. The lowest BCUT2D eigenvalue weighted by atomic mass is 10.0. The molecule has 0 aromatic carbocycles. The maximum absolute atomic E-state index is 5.65. The Hall–Kier alpha value is -2.77. The van der Waals surface area contributed by atoms with Gasteiger partial charge in [0.15, 0.2) is 5.11 Å². The fourth-order valence-electron chi connectivity index (χ4n) is 3.52. The van der Waals surface area contributed by atoms with E-state index in [2.05, 4.69) is 37.0 Å². The molecule has 6 nitrogen and oxygen atoms in total. The summed E-state index contributed by atoms with van der Waals surface area (Å²) < 4.78 is 7.47. The van der Waals surface area contributed by atoms with Gasteiger partial charge >= 0.3 is 0 Å². The van der Waals surface area contributed by atoms with Crippen LogP contribution < -0.4 is 5.32 Å². The van der Waals surface area contributed by atoms with Crippen molar-refractivity contribution in [2.24, 2.45) is 0 Å². The lowest BCUT2D eigenvalue weighted by Crippen LogP contribution is -2.33. The molecule has 3 aromatic rings. The highest BCUT2D eigenvalue weighted by molar-refractivity contribution is 7.80. The number of nitrogens with one attached hydrogen (secondary N) is 1. The lowest BCUT2D eigenvalue weighted by molar-refractivity contribution is 0.163. The van der Waals surface area contributed by atoms with Crippen LogP contribution in [0.2, 0.25) is 0 Å². The van der Waals surface area contributed by atoms with E-state index in [-0.39, 0.29) is 12.1 Å². The Labute approximate surface area is 163 Å². The number of pyridine rings is 2. The predicted molar refractivity (Wildman–Crippen MR) is 108 cm³/mol. The van der Waals surface area contributed by atoms with Gasteiger partial charge in [0, 0.05) is 37.9 Å². The molecule has 0 aliphatic carbocycles. The van der Waals surface area contributed by atoms with Crippen LogP contribution in [0.5, 0.6) is 0 Å². The average Bonchev–Trinajstić information content (AvgIpc) is 3.32. The first kappa shape index (κ1) is 17.6. The fourth-order valence-corrected chi connectivity index (χ4v) is 3.86. The van der Waals surface area contributed by atoms with Crippen molar-refractivity contribution in [1.29, 1.82) is 0 Å². The maximum Gasteiger partial charge on any atom is 0.170 e. The summed E-state index contributed by atoms with van der Waals surface area (Å²) in [5.41, 5.74) is 3.10. The number of aromatic nitrogens is 3. The van der Waals surface area contributed by atoms with E-state index in [1.54, 1.807) is 13.3 Å². The molecule has 2 atom stereocenters. The molecule has 1 aliphatic heterocycles. The monoisotopic (exact) mass is 379 g/mol. The van der Waals surface area contributed by atoms with E-state index in [9.17, 15) is 0 Å². The third-order valence-electron chi connectivity index (χ3n) is 4.74. The molecule has 3 aromatic heterocycles. The summed E-state index contributed by atoms with van der Waals surface area (Å²) in [5, 5.41) is 4.17. The minimum Gasteiger partial charge on any atom is -0.383 e. The normalized spacial score (nSPS) is 19.3. The van der Waals surface area contributed by atoms with Crippen LogP contribution in [-0.4, -0.2) is 44.8 Å². The van der Waals surface area contributed by atoms with E-state index in [0.717, 1.165) is 17.1 Å². The van der Waals surface area contributed by atoms with Gasteiger partial charge in [-0.25, -0.2) is 0 Å². The summed E-state index contributed by atoms with van der Waals surface area (Å²) in [6, 6.07) is 14.1. The van der Waals surface area contributed by atoms with E-state index >= 15 is 0 Å². The predicted octanol–water partition coefficient (Wildman–Crippen LogP) is 2.89. The zero-order valence-electron chi connectivity index (χ0n) is 15.0. The molecular weight excluding hydrogens is 358 g/mol. The molecule has 1 aliphatic rings. The van der Waals surface area contributed by atoms with Crippen LogP contribution in [-0.2, 0) is 4.74 Å². The fraction of sp³-hybridized carbons (Fsp3) is 0.250. The molecule has 138 valence electrons. The first-order valence-corrected chi connectivity index (χ1v) is 9.25. The number of rotatable bonds is 6. The summed E-state index contributed by atoms with van der Waals surface area (Å²) in [5.74, 6) is 0. The molecule has 0 saturated carbocycles. The van der Waals surface area contributed by atoms with Gasteiger partial charge in [-0.15, -0.1) is 0 Å². The van der Waals surface area contributed by atoms with Gasteiger partial charge in [0.1, 0.15) is 0 Å². The van der Waals surface area contributed by atoms with Crippen LogP contribution >= 0.6 is 12.2 Å². The van der Waals surface area contributed by atoms with E-state index in [4.69, 9.17) is 17.0 Å². The van der Waals surface area contributed by atoms with Crippen molar-refractivity contribution in [3.05, 3.63) is 78.6 Å². The van der Waals surface area contributed by atoms with E-state index < -0.39 is 0 Å². The summed E-state index contributed by atoms with van der Waals surface area (Å²) in [6.45, 7) is 1.30. The largest absolute Gasteiger partial charge is 0.383 e. The molecular formula is C20H21N5OS. The van der Waals surface area contributed by atoms with Gasteiger partial charge in [0.05, 0.1) is 36.3 Å². The Morgan fingerprint density at radius 1 is 1.15 bits per heavy atom. The average molecular weight is 379 g/mol. The van der Waals surface area contributed by atoms with Crippen molar-refractivity contribution in [2.45, 2.75) is 12.1 Å². The molecule has 0 amide bonds. The van der Waals surface area contributed by atoms with E-state index in [1.807, 2.05) is 48.8 Å². The number of thiocarbonyl (C=S) groups is 1. The topological polar surface area (TPSA) is 55.2 Å². The zero-order chi connectivity index (χ0) is 18.6. The highest BCUT2D eigenvalue weighted by Crippen LogP contribution is 2.39. The van der Waals surface area contributed by atoms with Crippen molar-refractivity contribution in [3.63, 3.8) is 0 Å². The van der Waals surface area contributed by atoms with Gasteiger partial charge in [-0.05, 0) is 48.6 Å². The van der Waals surface area contributed by atoms with Crippen LogP contribution in [0.3, 0.4) is 0 Å². The van der Waals surface area contributed by atoms with Crippen molar-refractivity contribution < 1.29 is 4.74 Å². The summed E-state index contributed by atoms with van der Waals surface area (Å²) in [4.78, 5) is 11.0. The van der Waals surface area contributed by atoms with Gasteiger partial charge in [-0.2, -0.15) is 0 Å². The van der Waals surface area contributed by atoms with Gasteiger partial charge < -0.3 is 19.5 Å². The SMILES string of the molecule is COCCN1C(=S)N[C@@H](c2ccccn2)[C@@H]1c1cccn1-c1cccnc1. The van der Waals surface area contributed by atoms with Crippen LogP contribution in [0, 0.1) is 0 Å². The minimum atomic E-state index is -0.0409. The second-order valence-corrected chi connectivity index (χ2v) is 6.71. The highest BCUT2D eigenvalue weighted by Gasteiger charge is 2.40. The Morgan fingerprint density at radius 2 is 2.07 bits per heavy atom. The van der Waals surface area contributed by atoms with Crippen molar-refractivity contribution in [1.82, 2.24) is 24.8 Å². The number of hydrogen-bond acceptors (Lipinski definition) is 4. The lowest BCUT2D eigenvalue weighted by Gasteiger charge is -2.28. The van der Waals surface area contributed by atoms with Crippen LogP contribution in [0.25, 0.3) is 5.69 Å². The second-order valence-electron chi connectivity index (χ2n) is 6.33. The Bertz CT molecular complexity index is 899. The Morgan fingerprint density at radius 3 is 2.81 bits per heavy atom. The van der Waals surface area contributed by atoms with Crippen molar-refractivity contribution in [3.8, 4) is 5.69 Å². The molecule has 0 bridgehead atoms. The molecule has 27 heavy (non-hydrogen) atoms. The minimum absolute atomic E-state index is 0.00208. The quantitative estimate of drug-likeness (QED) is 0.665. The van der Waals surface area contributed by atoms with Gasteiger partial charge in [-0.1, -0.05) is 6.07 Å². The molecule has 7 heteroatoms. The standard InChI is InChI=1S/C20H21N5OS/c1-26-13-12-25-19(18(23-20(25)27)16-7-2-3-10-22-16)17-8-5-11-24(17)15-6-4-9-21-14-15/h2-11,14,18-19H,12-13H2,1H3,(H,23,27)/t18-,19-/m0/s1. The summed E-state index contributed by atoms with van der Waals surface area (Å²) in [6.07, 6.45) is 7.51. The van der Waals surface area contributed by atoms with Gasteiger partial charge in [-0.3, -0.25) is 9.97 Å². The molecule has 4 heterocycles. The number of methoxy groups -OCH3 is 1. The van der Waals surface area contributed by atoms with E-state index in [0.29, 0.717) is 18.3 Å². The molecule has 1 fully saturated rings. The van der Waals surface area contributed by atoms with Crippen LogP contribution in [0.4, 0.5) is 0 Å². The Balaban J connectivity index is 1.78. The first-order chi connectivity index (χ1) is 13.3. The Kier molecular flexibility index (Phi) is 5.13. The van der Waals surface area contributed by atoms with Gasteiger partial charge in [0.25, 0.3) is 0 Å². The molecule has 4 rings (SSSR count). The summed E-state index contributed by atoms with van der Waals surface area (Å²) in [7, 11) is 1.70. The van der Waals surface area contributed by atoms with Crippen molar-refractivity contribution in [2.75, 3.05) is 20.3 Å². The molecule has 0 spiro atoms. The van der Waals surface area contributed by atoms with E-state index in [1.165, 1.54) is 0 Å². The molecule has 0 unspecified atom stereocenters. The maximum atomic E-state index is 5.65. The first-order valence-electron chi connectivity index (χ1n) is 8.84. The van der Waals surface area contributed by atoms with Crippen molar-refractivity contribution >= 4 is 17.3 Å². The molecule has 1 N–H and O–H groups in total. The number of nitrogens with zero attached hydrogens (tertiary/aromatic N) is 4. The molecule has 0 radical (unpaired) electrons. The van der Waals surface area contributed by atoms with Gasteiger partial charge in [0.2, 0.25) is 0 Å². The third-order valence-corrected chi connectivity index (χ3v) is 5.09. The summed E-state index contributed by atoms with van der Waals surface area (Å²) >= 11 is 5.65.